The third kappa shape index (κ3) is 2.24. The fourth-order valence-corrected chi connectivity index (χ4v) is 2.30. The molecule has 0 fully saturated rings. The zero-order valence-corrected chi connectivity index (χ0v) is 11.8. The molecule has 8 heteroatoms. The van der Waals surface area contributed by atoms with E-state index < -0.39 is 11.5 Å². The number of aromatic carboxylic acids is 1. The van der Waals surface area contributed by atoms with E-state index in [2.05, 4.69) is 15.1 Å². The van der Waals surface area contributed by atoms with Crippen LogP contribution in [0.4, 0.5) is 0 Å². The second-order valence-corrected chi connectivity index (χ2v) is 4.71. The molecule has 0 aromatic carbocycles. The number of aryl methyl sites for hydroxylation is 1. The lowest BCUT2D eigenvalue weighted by molar-refractivity contribution is 0.0684. The van der Waals surface area contributed by atoms with Crippen molar-refractivity contribution in [3.8, 4) is 11.4 Å². The Hall–Kier alpha value is -3.03. The average molecular weight is 299 g/mol. The predicted molar refractivity (Wildman–Crippen MR) is 77.7 cm³/mol. The van der Waals surface area contributed by atoms with Gasteiger partial charge in [0.1, 0.15) is 22.7 Å². The number of fused-ring (bicyclic) bond motifs is 1. The molecule has 0 spiro atoms. The summed E-state index contributed by atoms with van der Waals surface area (Å²) >= 11 is 0. The summed E-state index contributed by atoms with van der Waals surface area (Å²) in [6, 6.07) is 2.73. The standard InChI is InChI=1S/C14H13N5O3/c1-2-5-18-11(14(21)22)7-13(20)19-12(18)6-9(17-19)10-8-15-3-4-16-10/h3-4,6-8H,2,5H2,1H3,(H,21,22). The van der Waals surface area contributed by atoms with Crippen molar-refractivity contribution in [2.75, 3.05) is 0 Å². The third-order valence-electron chi connectivity index (χ3n) is 3.22. The smallest absolute Gasteiger partial charge is 0.352 e. The second-order valence-electron chi connectivity index (χ2n) is 4.71. The second kappa shape index (κ2) is 5.40. The van der Waals surface area contributed by atoms with Gasteiger partial charge in [-0.1, -0.05) is 6.92 Å². The first kappa shape index (κ1) is 13.9. The Kier molecular flexibility index (Phi) is 3.42. The van der Waals surface area contributed by atoms with E-state index in [0.29, 0.717) is 23.6 Å². The van der Waals surface area contributed by atoms with Crippen LogP contribution in [0.25, 0.3) is 17.0 Å². The average Bonchev–Trinajstić information content (AvgIpc) is 2.96. The summed E-state index contributed by atoms with van der Waals surface area (Å²) in [6.07, 6.45) is 5.33. The molecule has 0 aliphatic rings. The zero-order chi connectivity index (χ0) is 15.7. The highest BCUT2D eigenvalue weighted by Gasteiger charge is 2.17. The number of carboxylic acid groups (broad SMARTS) is 1. The third-order valence-corrected chi connectivity index (χ3v) is 3.22. The first-order chi connectivity index (χ1) is 10.6. The van der Waals surface area contributed by atoms with Crippen molar-refractivity contribution >= 4 is 11.6 Å². The van der Waals surface area contributed by atoms with Crippen LogP contribution in [0.3, 0.4) is 0 Å². The van der Waals surface area contributed by atoms with E-state index in [-0.39, 0.29) is 5.69 Å². The zero-order valence-electron chi connectivity index (χ0n) is 11.8. The first-order valence-corrected chi connectivity index (χ1v) is 6.75. The summed E-state index contributed by atoms with van der Waals surface area (Å²) in [4.78, 5) is 31.6. The minimum absolute atomic E-state index is 0.0510. The SMILES string of the molecule is CCCn1c(C(=O)O)cc(=O)n2nc(-c3cnccn3)cc12. The highest BCUT2D eigenvalue weighted by atomic mass is 16.4. The normalized spacial score (nSPS) is 11.0. The molecule has 3 aromatic rings. The molecule has 3 heterocycles. The lowest BCUT2D eigenvalue weighted by Crippen LogP contribution is -2.23. The molecule has 0 aliphatic carbocycles. The number of nitrogens with zero attached hydrogens (tertiary/aromatic N) is 5. The number of hydrogen-bond acceptors (Lipinski definition) is 5. The quantitative estimate of drug-likeness (QED) is 0.772. The van der Waals surface area contributed by atoms with Crippen LogP contribution in [0.1, 0.15) is 23.8 Å². The van der Waals surface area contributed by atoms with Crippen molar-refractivity contribution in [2.45, 2.75) is 19.9 Å². The van der Waals surface area contributed by atoms with Crippen LogP contribution < -0.4 is 5.56 Å². The van der Waals surface area contributed by atoms with Crippen LogP contribution in [0.15, 0.2) is 35.5 Å². The van der Waals surface area contributed by atoms with Crippen molar-refractivity contribution in [3.05, 3.63) is 46.8 Å². The molecule has 8 nitrogen and oxygen atoms in total. The van der Waals surface area contributed by atoms with Gasteiger partial charge in [-0.05, 0) is 6.42 Å². The Morgan fingerprint density at radius 3 is 2.73 bits per heavy atom. The van der Waals surface area contributed by atoms with Crippen molar-refractivity contribution in [3.63, 3.8) is 0 Å². The van der Waals surface area contributed by atoms with Gasteiger partial charge < -0.3 is 9.67 Å². The van der Waals surface area contributed by atoms with Gasteiger partial charge >= 0.3 is 5.97 Å². The molecule has 1 N–H and O–H groups in total. The molecule has 3 aromatic heterocycles. The van der Waals surface area contributed by atoms with Gasteiger partial charge in [0.2, 0.25) is 0 Å². The molecule has 0 unspecified atom stereocenters. The summed E-state index contributed by atoms with van der Waals surface area (Å²) in [5.41, 5.74) is 0.871. The van der Waals surface area contributed by atoms with Gasteiger partial charge in [0.05, 0.1) is 6.20 Å². The number of carboxylic acids is 1. The fourth-order valence-electron chi connectivity index (χ4n) is 2.30. The van der Waals surface area contributed by atoms with Gasteiger partial charge in [0, 0.05) is 31.1 Å². The molecule has 0 saturated heterocycles. The Balaban J connectivity index is 2.31. The summed E-state index contributed by atoms with van der Waals surface area (Å²) in [5, 5.41) is 13.5. The summed E-state index contributed by atoms with van der Waals surface area (Å²) in [5.74, 6) is -1.14. The van der Waals surface area contributed by atoms with Crippen molar-refractivity contribution in [1.82, 2.24) is 24.1 Å². The minimum Gasteiger partial charge on any atom is -0.477 e. The topological polar surface area (TPSA) is 102 Å². The molecule has 0 saturated carbocycles. The van der Waals surface area contributed by atoms with Gasteiger partial charge in [0.15, 0.2) is 0 Å². The first-order valence-electron chi connectivity index (χ1n) is 6.75. The molecular weight excluding hydrogens is 286 g/mol. The molecule has 3 rings (SSSR count). The minimum atomic E-state index is -1.14. The highest BCUT2D eigenvalue weighted by molar-refractivity contribution is 5.86. The molecule has 22 heavy (non-hydrogen) atoms. The lowest BCUT2D eigenvalue weighted by atomic mass is 10.3. The van der Waals surface area contributed by atoms with Crippen molar-refractivity contribution < 1.29 is 9.90 Å². The number of rotatable bonds is 4. The summed E-state index contributed by atoms with van der Waals surface area (Å²) in [6.45, 7) is 2.40. The van der Waals surface area contributed by atoms with Crippen molar-refractivity contribution in [1.29, 1.82) is 0 Å². The van der Waals surface area contributed by atoms with E-state index in [1.165, 1.54) is 23.1 Å². The van der Waals surface area contributed by atoms with E-state index in [1.807, 2.05) is 6.92 Å². The Morgan fingerprint density at radius 1 is 1.27 bits per heavy atom. The predicted octanol–water partition coefficient (Wildman–Crippen LogP) is 1.06. The molecular formula is C14H13N5O3. The summed E-state index contributed by atoms with van der Waals surface area (Å²) in [7, 11) is 0. The van der Waals surface area contributed by atoms with E-state index in [0.717, 1.165) is 12.5 Å². The van der Waals surface area contributed by atoms with Gasteiger partial charge in [-0.15, -0.1) is 0 Å². The maximum absolute atomic E-state index is 12.1. The lowest BCUT2D eigenvalue weighted by Gasteiger charge is -2.10. The number of aromatic nitrogens is 5. The van der Waals surface area contributed by atoms with Gasteiger partial charge in [-0.3, -0.25) is 14.8 Å². The van der Waals surface area contributed by atoms with E-state index >= 15 is 0 Å². The molecule has 0 radical (unpaired) electrons. The van der Waals surface area contributed by atoms with E-state index in [1.54, 1.807) is 10.6 Å². The van der Waals surface area contributed by atoms with Crippen LogP contribution in [-0.4, -0.2) is 35.2 Å². The summed E-state index contributed by atoms with van der Waals surface area (Å²) < 4.78 is 2.75. The van der Waals surface area contributed by atoms with Gasteiger partial charge in [0.25, 0.3) is 5.56 Å². The van der Waals surface area contributed by atoms with Crippen LogP contribution in [-0.2, 0) is 6.54 Å². The Labute approximate surface area is 124 Å². The maximum atomic E-state index is 12.1. The molecule has 112 valence electrons. The van der Waals surface area contributed by atoms with Gasteiger partial charge in [-0.2, -0.15) is 9.61 Å². The van der Waals surface area contributed by atoms with Crippen LogP contribution >= 0.6 is 0 Å². The van der Waals surface area contributed by atoms with Gasteiger partial charge in [-0.25, -0.2) is 4.79 Å². The Morgan fingerprint density at radius 2 is 2.09 bits per heavy atom. The molecule has 0 amide bonds. The van der Waals surface area contributed by atoms with Crippen LogP contribution in [0.2, 0.25) is 0 Å². The van der Waals surface area contributed by atoms with E-state index in [4.69, 9.17) is 0 Å². The molecule has 0 atom stereocenters. The van der Waals surface area contributed by atoms with Crippen molar-refractivity contribution in [2.24, 2.45) is 0 Å². The highest BCUT2D eigenvalue weighted by Crippen LogP contribution is 2.17. The van der Waals surface area contributed by atoms with Crippen LogP contribution in [0, 0.1) is 0 Å². The monoisotopic (exact) mass is 299 g/mol. The fraction of sp³-hybridized carbons (Fsp3) is 0.214. The largest absolute Gasteiger partial charge is 0.477 e. The maximum Gasteiger partial charge on any atom is 0.352 e. The Bertz CT molecular complexity index is 898. The number of carbonyl (C=O) groups is 1. The number of hydrogen-bond donors (Lipinski definition) is 1. The molecule has 0 bridgehead atoms. The van der Waals surface area contributed by atoms with E-state index in [9.17, 15) is 14.7 Å². The van der Waals surface area contributed by atoms with Crippen LogP contribution in [0.5, 0.6) is 0 Å². The molecule has 0 aliphatic heterocycles.